The van der Waals surface area contributed by atoms with Crippen molar-refractivity contribution in [2.75, 3.05) is 44.3 Å². The number of rotatable bonds is 4. The molecule has 0 aromatic heterocycles. The van der Waals surface area contributed by atoms with E-state index in [2.05, 4.69) is 14.6 Å². The number of nitrogens with zero attached hydrogens (tertiary/aromatic N) is 2. The fraction of sp³-hybridized carbons (Fsp3) is 0.611. The van der Waals surface area contributed by atoms with Crippen LogP contribution < -0.4 is 5.32 Å². The molecule has 7 heteroatoms. The first-order chi connectivity index (χ1) is 12.0. The van der Waals surface area contributed by atoms with Crippen molar-refractivity contribution in [2.45, 2.75) is 25.4 Å². The molecular weight excluding hydrogens is 338 g/mol. The van der Waals surface area contributed by atoms with Gasteiger partial charge in [0, 0.05) is 31.1 Å². The maximum Gasteiger partial charge on any atom is 0.234 e. The molecule has 1 aromatic rings. The molecule has 0 aliphatic carbocycles. The molecule has 1 N–H and O–H groups in total. The number of likely N-dealkylation sites (N-methyl/N-ethyl adjacent to an activating group) is 1. The zero-order valence-electron chi connectivity index (χ0n) is 14.8. The molecule has 2 saturated heterocycles. The van der Waals surface area contributed by atoms with Gasteiger partial charge in [0.2, 0.25) is 5.91 Å². The summed E-state index contributed by atoms with van der Waals surface area (Å²) in [5, 5.41) is 2.84. The van der Waals surface area contributed by atoms with Crippen LogP contribution in [-0.4, -0.2) is 64.9 Å². The smallest absolute Gasteiger partial charge is 0.234 e. The maximum absolute atomic E-state index is 13.0. The predicted octanol–water partition coefficient (Wildman–Crippen LogP) is 1.79. The Labute approximate surface area is 150 Å². The Morgan fingerprint density at radius 2 is 2.04 bits per heavy atom. The summed E-state index contributed by atoms with van der Waals surface area (Å²) < 4.78 is 23.6. The molecule has 0 atom stereocenters. The Bertz CT molecular complexity index is 700. The van der Waals surface area contributed by atoms with E-state index in [4.69, 9.17) is 4.74 Å². The molecular formula is C18H27N3O3S. The highest BCUT2D eigenvalue weighted by atomic mass is 32.2. The molecule has 2 heterocycles. The van der Waals surface area contributed by atoms with E-state index >= 15 is 0 Å². The van der Waals surface area contributed by atoms with Gasteiger partial charge in [-0.1, -0.05) is 18.2 Å². The summed E-state index contributed by atoms with van der Waals surface area (Å²) >= 11 is 0. The van der Waals surface area contributed by atoms with Gasteiger partial charge < -0.3 is 10.1 Å². The van der Waals surface area contributed by atoms with Gasteiger partial charge in [0.1, 0.15) is 0 Å². The molecule has 6 nitrogen and oxygen atoms in total. The van der Waals surface area contributed by atoms with E-state index in [9.17, 15) is 9.00 Å². The monoisotopic (exact) mass is 365 g/mol. The number of benzene rings is 1. The van der Waals surface area contributed by atoms with Gasteiger partial charge in [-0.25, -0.2) is 4.21 Å². The Hall–Kier alpha value is -1.44. The molecule has 2 fully saturated rings. The van der Waals surface area contributed by atoms with Gasteiger partial charge >= 0.3 is 0 Å². The van der Waals surface area contributed by atoms with Crippen LogP contribution >= 0.6 is 0 Å². The average molecular weight is 365 g/mol. The lowest BCUT2D eigenvalue weighted by atomic mass is 9.94. The standard InChI is InChI=1S/C18H27N3O3S/c1-2-19-17(22)14-21-10-11-24-18(15-21)8-12-25(23,13-9-18)20-16-6-4-3-5-7-16/h3-7H,2,8-15H2,1H3,(H,19,22). The summed E-state index contributed by atoms with van der Waals surface area (Å²) in [5.74, 6) is 1.16. The normalized spacial score (nSPS) is 30.1. The van der Waals surface area contributed by atoms with E-state index in [1.54, 1.807) is 0 Å². The highest BCUT2D eigenvalue weighted by Gasteiger charge is 2.41. The Balaban J connectivity index is 1.63. The largest absolute Gasteiger partial charge is 0.372 e. The van der Waals surface area contributed by atoms with E-state index in [1.165, 1.54) is 0 Å². The lowest BCUT2D eigenvalue weighted by Crippen LogP contribution is -2.56. The second-order valence-electron chi connectivity index (χ2n) is 6.80. The first kappa shape index (κ1) is 18.4. The van der Waals surface area contributed by atoms with E-state index in [1.807, 2.05) is 37.3 Å². The van der Waals surface area contributed by atoms with Crippen molar-refractivity contribution in [1.29, 1.82) is 0 Å². The van der Waals surface area contributed by atoms with Crippen molar-refractivity contribution in [3.8, 4) is 0 Å². The minimum atomic E-state index is -2.22. The van der Waals surface area contributed by atoms with Crippen LogP contribution in [0.25, 0.3) is 0 Å². The minimum Gasteiger partial charge on any atom is -0.372 e. The van der Waals surface area contributed by atoms with Gasteiger partial charge in [-0.15, -0.1) is 0 Å². The third-order valence-electron chi connectivity index (χ3n) is 4.85. The van der Waals surface area contributed by atoms with Crippen LogP contribution in [0.3, 0.4) is 0 Å². The van der Waals surface area contributed by atoms with E-state index < -0.39 is 9.73 Å². The number of nitrogens with one attached hydrogen (secondary N) is 1. The van der Waals surface area contributed by atoms with Gasteiger partial charge in [0.15, 0.2) is 0 Å². The van der Waals surface area contributed by atoms with Crippen molar-refractivity contribution in [3.63, 3.8) is 0 Å². The van der Waals surface area contributed by atoms with E-state index in [-0.39, 0.29) is 11.5 Å². The molecule has 1 aromatic carbocycles. The molecule has 138 valence electrons. The number of amides is 1. The number of hydrogen-bond donors (Lipinski definition) is 1. The topological polar surface area (TPSA) is 71.0 Å². The molecule has 0 saturated carbocycles. The van der Waals surface area contributed by atoms with Gasteiger partial charge in [-0.3, -0.25) is 9.69 Å². The third kappa shape index (κ3) is 4.80. The number of hydrogen-bond acceptors (Lipinski definition) is 5. The quantitative estimate of drug-likeness (QED) is 0.883. The second-order valence-corrected chi connectivity index (χ2v) is 9.35. The Kier molecular flexibility index (Phi) is 5.76. The zero-order valence-corrected chi connectivity index (χ0v) is 15.6. The molecule has 1 spiro atoms. The maximum atomic E-state index is 13.0. The summed E-state index contributed by atoms with van der Waals surface area (Å²) in [4.78, 5) is 14.0. The van der Waals surface area contributed by atoms with Crippen molar-refractivity contribution < 1.29 is 13.7 Å². The molecule has 2 aliphatic rings. The van der Waals surface area contributed by atoms with Crippen molar-refractivity contribution in [2.24, 2.45) is 4.36 Å². The average Bonchev–Trinajstić information content (AvgIpc) is 2.60. The van der Waals surface area contributed by atoms with Crippen molar-refractivity contribution in [3.05, 3.63) is 30.3 Å². The second kappa shape index (κ2) is 7.85. The van der Waals surface area contributed by atoms with Crippen LogP contribution in [0, 0.1) is 0 Å². The highest BCUT2D eigenvalue weighted by Crippen LogP contribution is 2.33. The highest BCUT2D eigenvalue weighted by molar-refractivity contribution is 7.93. The molecule has 0 radical (unpaired) electrons. The van der Waals surface area contributed by atoms with Crippen LogP contribution in [0.15, 0.2) is 34.7 Å². The lowest BCUT2D eigenvalue weighted by molar-refractivity contribution is -0.132. The number of morpholine rings is 1. The summed E-state index contributed by atoms with van der Waals surface area (Å²) in [6, 6.07) is 9.54. The first-order valence-corrected chi connectivity index (χ1v) is 10.8. The molecule has 3 rings (SSSR count). The van der Waals surface area contributed by atoms with Crippen LogP contribution in [0.1, 0.15) is 19.8 Å². The van der Waals surface area contributed by atoms with Crippen molar-refractivity contribution in [1.82, 2.24) is 10.2 Å². The fourth-order valence-electron chi connectivity index (χ4n) is 3.51. The van der Waals surface area contributed by atoms with Gasteiger partial charge in [-0.2, -0.15) is 4.36 Å². The van der Waals surface area contributed by atoms with Gasteiger partial charge in [0.05, 0.1) is 34.2 Å². The fourth-order valence-corrected chi connectivity index (χ4v) is 5.78. The minimum absolute atomic E-state index is 0.0539. The number of ether oxygens (including phenoxy) is 1. The zero-order chi connectivity index (χ0) is 17.8. The van der Waals surface area contributed by atoms with Crippen molar-refractivity contribution >= 4 is 21.3 Å². The van der Waals surface area contributed by atoms with Crippen LogP contribution in [-0.2, 0) is 19.3 Å². The van der Waals surface area contributed by atoms with Gasteiger partial charge in [-0.05, 0) is 31.9 Å². The van der Waals surface area contributed by atoms with E-state index in [0.29, 0.717) is 31.2 Å². The Morgan fingerprint density at radius 3 is 2.72 bits per heavy atom. The lowest BCUT2D eigenvalue weighted by Gasteiger charge is -2.45. The molecule has 0 unspecified atom stereocenters. The number of carbonyl (C=O) groups excluding carboxylic acids is 1. The third-order valence-corrected chi connectivity index (χ3v) is 7.08. The Morgan fingerprint density at radius 1 is 1.32 bits per heavy atom. The molecule has 2 aliphatic heterocycles. The van der Waals surface area contributed by atoms with Gasteiger partial charge in [0.25, 0.3) is 0 Å². The molecule has 1 amide bonds. The summed E-state index contributed by atoms with van der Waals surface area (Å²) in [5.41, 5.74) is 0.503. The van der Waals surface area contributed by atoms with E-state index in [0.717, 1.165) is 31.6 Å². The molecule has 25 heavy (non-hydrogen) atoms. The summed E-state index contributed by atoms with van der Waals surface area (Å²) in [6.45, 7) is 5.09. The SMILES string of the molecule is CCNC(=O)CN1CCOC2(CCS(=O)(=Nc3ccccc3)CC2)C1. The predicted molar refractivity (Wildman–Crippen MR) is 99.4 cm³/mol. The first-order valence-electron chi connectivity index (χ1n) is 8.93. The molecule has 0 bridgehead atoms. The number of carbonyl (C=O) groups is 1. The van der Waals surface area contributed by atoms with Crippen LogP contribution in [0.2, 0.25) is 0 Å². The van der Waals surface area contributed by atoms with Crippen LogP contribution in [0.5, 0.6) is 0 Å². The summed E-state index contributed by atoms with van der Waals surface area (Å²) in [6.07, 6.45) is 1.46. The summed E-state index contributed by atoms with van der Waals surface area (Å²) in [7, 11) is -2.22. The van der Waals surface area contributed by atoms with Crippen LogP contribution in [0.4, 0.5) is 5.69 Å².